The van der Waals surface area contributed by atoms with Crippen LogP contribution in [0.5, 0.6) is 0 Å². The molecule has 0 aliphatic carbocycles. The maximum atomic E-state index is 12.6. The van der Waals surface area contributed by atoms with Crippen molar-refractivity contribution < 1.29 is 17.7 Å². The predicted octanol–water partition coefficient (Wildman–Crippen LogP) is 3.44. The Bertz CT molecular complexity index is 422. The lowest BCUT2D eigenvalue weighted by Gasteiger charge is -2.31. The van der Waals surface area contributed by atoms with E-state index >= 15 is 0 Å². The highest BCUT2D eigenvalue weighted by Gasteiger charge is 2.31. The van der Waals surface area contributed by atoms with Crippen molar-refractivity contribution in [1.29, 1.82) is 0 Å². The van der Waals surface area contributed by atoms with E-state index in [0.717, 1.165) is 18.7 Å². The largest absolute Gasteiger partial charge is 0.416 e. The van der Waals surface area contributed by atoms with Crippen molar-refractivity contribution in [3.8, 4) is 0 Å². The third-order valence-electron chi connectivity index (χ3n) is 2.96. The molecule has 20 heavy (non-hydrogen) atoms. The molecule has 0 fully saturated rings. The van der Waals surface area contributed by atoms with Gasteiger partial charge in [0.05, 0.1) is 32.7 Å². The van der Waals surface area contributed by atoms with Gasteiger partial charge in [-0.2, -0.15) is 13.2 Å². The number of hydrogen-bond acceptors (Lipinski definition) is 1. The fourth-order valence-electron chi connectivity index (χ4n) is 1.89. The molecule has 0 heterocycles. The number of likely N-dealkylation sites (N-methyl/N-ethyl adjacent to an activating group) is 1. The minimum atomic E-state index is -4.34. The van der Waals surface area contributed by atoms with Crippen molar-refractivity contribution in [3.63, 3.8) is 0 Å². The Morgan fingerprint density at radius 1 is 1.30 bits per heavy atom. The molecule has 116 valence electrons. The molecule has 0 saturated carbocycles. The second kappa shape index (κ2) is 7.50. The lowest BCUT2D eigenvalue weighted by Crippen LogP contribution is -2.45. The van der Waals surface area contributed by atoms with E-state index < -0.39 is 17.1 Å². The second-order valence-corrected chi connectivity index (χ2v) is 5.75. The number of rotatable bonds is 5. The minimum absolute atomic E-state index is 0. The first-order valence-electron chi connectivity index (χ1n) is 5.99. The number of nitrogens with zero attached hydrogens (tertiary/aromatic N) is 1. The van der Waals surface area contributed by atoms with Gasteiger partial charge < -0.3 is 10.2 Å². The van der Waals surface area contributed by atoms with Crippen molar-refractivity contribution in [2.24, 2.45) is 5.73 Å². The van der Waals surface area contributed by atoms with Crippen molar-refractivity contribution in [2.45, 2.75) is 11.6 Å². The minimum Gasteiger partial charge on any atom is -0.326 e. The summed E-state index contributed by atoms with van der Waals surface area (Å²) in [5, 5.41) is -0.469. The van der Waals surface area contributed by atoms with Gasteiger partial charge in [0, 0.05) is 6.54 Å². The van der Waals surface area contributed by atoms with Crippen molar-refractivity contribution >= 4 is 24.0 Å². The van der Waals surface area contributed by atoms with Crippen LogP contribution in [-0.4, -0.2) is 38.2 Å². The number of hydrogen-bond donors (Lipinski definition) is 1. The Hall–Kier alpha value is -0.490. The molecule has 1 atom stereocenters. The van der Waals surface area contributed by atoms with Crippen molar-refractivity contribution in [3.05, 3.63) is 35.4 Å². The number of benzene rings is 1. The first-order valence-corrected chi connectivity index (χ1v) is 6.43. The van der Waals surface area contributed by atoms with E-state index in [4.69, 9.17) is 17.3 Å². The van der Waals surface area contributed by atoms with E-state index in [9.17, 15) is 13.2 Å². The molecule has 0 aliphatic heterocycles. The van der Waals surface area contributed by atoms with Crippen LogP contribution in [0.15, 0.2) is 24.3 Å². The maximum absolute atomic E-state index is 12.6. The highest BCUT2D eigenvalue weighted by atomic mass is 35.5. The molecule has 2 N–H and O–H groups in total. The van der Waals surface area contributed by atoms with Crippen LogP contribution in [-0.2, 0) is 6.18 Å². The predicted molar refractivity (Wildman–Crippen MR) is 78.2 cm³/mol. The summed E-state index contributed by atoms with van der Waals surface area (Å²) in [5.41, 5.74) is 5.32. The van der Waals surface area contributed by atoms with E-state index in [1.54, 1.807) is 6.07 Å². The highest BCUT2D eigenvalue weighted by Crippen LogP contribution is 2.32. The van der Waals surface area contributed by atoms with Crippen LogP contribution in [0.4, 0.5) is 13.2 Å². The van der Waals surface area contributed by atoms with Gasteiger partial charge in [-0.05, 0) is 11.6 Å². The summed E-state index contributed by atoms with van der Waals surface area (Å²) in [6.45, 7) is 1.77. The lowest BCUT2D eigenvalue weighted by molar-refractivity contribution is -0.889. The Morgan fingerprint density at radius 2 is 1.90 bits per heavy atom. The maximum Gasteiger partial charge on any atom is 0.416 e. The van der Waals surface area contributed by atoms with E-state index in [0.29, 0.717) is 23.1 Å². The van der Waals surface area contributed by atoms with Crippen molar-refractivity contribution in [2.75, 3.05) is 33.7 Å². The molecule has 0 aliphatic rings. The summed E-state index contributed by atoms with van der Waals surface area (Å²) in [4.78, 5) is 0. The molecule has 1 unspecified atom stereocenters. The topological polar surface area (TPSA) is 26.0 Å². The van der Waals surface area contributed by atoms with E-state index in [1.165, 1.54) is 6.07 Å². The molecule has 1 aromatic carbocycles. The summed E-state index contributed by atoms with van der Waals surface area (Å²) in [6, 6.07) is 5.17. The quantitative estimate of drug-likeness (QED) is 0.649. The van der Waals surface area contributed by atoms with E-state index in [2.05, 4.69) is 0 Å². The lowest BCUT2D eigenvalue weighted by atomic mass is 10.1. The normalized spacial score (nSPS) is 13.8. The molecule has 1 aromatic rings. The summed E-state index contributed by atoms with van der Waals surface area (Å²) in [5.74, 6) is 0. The molecular weight excluding hydrogens is 312 g/mol. The van der Waals surface area contributed by atoms with E-state index in [-0.39, 0.29) is 12.4 Å². The molecule has 0 bridgehead atoms. The molecule has 0 aromatic heterocycles. The standard InChI is InChI=1S/C13H19ClF3N2.ClH/c1-19(2,7-6-18)9-12(14)10-4-3-5-11(8-10)13(15,16)17;/h3-5,8,12H,6-7,9,18H2,1-2H3;1H/q+1;. The van der Waals surface area contributed by atoms with Crippen LogP contribution in [0.1, 0.15) is 16.5 Å². The molecular formula is C13H20Cl2F3N2+. The number of halogens is 5. The zero-order valence-electron chi connectivity index (χ0n) is 11.5. The summed E-state index contributed by atoms with van der Waals surface area (Å²) < 4.78 is 38.4. The van der Waals surface area contributed by atoms with Crippen LogP contribution in [0.2, 0.25) is 0 Å². The van der Waals surface area contributed by atoms with Crippen LogP contribution in [0.25, 0.3) is 0 Å². The van der Waals surface area contributed by atoms with Gasteiger partial charge in [0.15, 0.2) is 0 Å². The summed E-state index contributed by atoms with van der Waals surface area (Å²) >= 11 is 6.22. The number of alkyl halides is 4. The molecule has 0 spiro atoms. The van der Waals surface area contributed by atoms with Gasteiger partial charge in [0.1, 0.15) is 5.38 Å². The SMILES string of the molecule is C[N+](C)(CCN)CC(Cl)c1cccc(C(F)(F)F)c1.Cl. The van der Waals surface area contributed by atoms with Gasteiger partial charge in [0.2, 0.25) is 0 Å². The molecule has 1 rings (SSSR count). The third-order valence-corrected chi connectivity index (χ3v) is 3.35. The van der Waals surface area contributed by atoms with Gasteiger partial charge in [-0.1, -0.05) is 18.2 Å². The highest BCUT2D eigenvalue weighted by molar-refractivity contribution is 6.20. The fraction of sp³-hybridized carbons (Fsp3) is 0.538. The van der Waals surface area contributed by atoms with Crippen LogP contribution >= 0.6 is 24.0 Å². The fourth-order valence-corrected chi connectivity index (χ4v) is 2.40. The van der Waals surface area contributed by atoms with Gasteiger partial charge in [0.25, 0.3) is 0 Å². The first-order chi connectivity index (χ1) is 8.65. The van der Waals surface area contributed by atoms with E-state index in [1.807, 2.05) is 14.1 Å². The smallest absolute Gasteiger partial charge is 0.326 e. The average molecular weight is 332 g/mol. The first kappa shape index (κ1) is 19.5. The zero-order chi connectivity index (χ0) is 14.7. The molecule has 0 radical (unpaired) electrons. The summed E-state index contributed by atoms with van der Waals surface area (Å²) in [6.07, 6.45) is -4.34. The van der Waals surface area contributed by atoms with Crippen LogP contribution in [0, 0.1) is 0 Å². The third kappa shape index (κ3) is 5.87. The van der Waals surface area contributed by atoms with Crippen LogP contribution in [0.3, 0.4) is 0 Å². The molecule has 7 heteroatoms. The Balaban J connectivity index is 0.00000361. The van der Waals surface area contributed by atoms with Crippen molar-refractivity contribution in [1.82, 2.24) is 0 Å². The monoisotopic (exact) mass is 331 g/mol. The number of nitrogens with two attached hydrogens (primary N) is 1. The second-order valence-electron chi connectivity index (χ2n) is 5.22. The molecule has 0 amide bonds. The average Bonchev–Trinajstić information content (AvgIpc) is 2.27. The Morgan fingerprint density at radius 3 is 2.40 bits per heavy atom. The van der Waals surface area contributed by atoms with Gasteiger partial charge in [-0.3, -0.25) is 0 Å². The Labute approximate surface area is 128 Å². The number of quaternary nitrogens is 1. The molecule has 2 nitrogen and oxygen atoms in total. The summed E-state index contributed by atoms with van der Waals surface area (Å²) in [7, 11) is 3.91. The van der Waals surface area contributed by atoms with Gasteiger partial charge >= 0.3 is 6.18 Å². The van der Waals surface area contributed by atoms with Crippen LogP contribution < -0.4 is 5.73 Å². The molecule has 0 saturated heterocycles. The van der Waals surface area contributed by atoms with Gasteiger partial charge in [-0.15, -0.1) is 24.0 Å². The Kier molecular flexibility index (Phi) is 7.32. The van der Waals surface area contributed by atoms with Gasteiger partial charge in [-0.25, -0.2) is 0 Å². The zero-order valence-corrected chi connectivity index (χ0v) is 13.0.